The van der Waals surface area contributed by atoms with Gasteiger partial charge in [-0.05, 0) is 36.5 Å². The molecular formula is C16H24N2O. The first-order valence-electron chi connectivity index (χ1n) is 7.10. The minimum Gasteiger partial charge on any atom is -0.385 e. The topological polar surface area (TPSA) is 32.3 Å². The van der Waals surface area contributed by atoms with Crippen LogP contribution in [0.15, 0.2) is 24.3 Å². The Morgan fingerprint density at radius 2 is 2.11 bits per heavy atom. The molecule has 1 aromatic rings. The largest absolute Gasteiger partial charge is 0.385 e. The average Bonchev–Trinajstić information content (AvgIpc) is 2.74. The van der Waals surface area contributed by atoms with E-state index >= 15 is 0 Å². The van der Waals surface area contributed by atoms with Gasteiger partial charge >= 0.3 is 0 Å². The Kier molecular flexibility index (Phi) is 4.13. The number of nitrogens with zero attached hydrogens (tertiary/aromatic N) is 1. The first kappa shape index (κ1) is 13.9. The molecule has 0 unspecified atom stereocenters. The molecule has 0 aliphatic carbocycles. The number of carbonyl (C=O) groups excluding carboxylic acids is 1. The molecule has 3 heteroatoms. The Bertz CT molecular complexity index is 448. The maximum absolute atomic E-state index is 11.7. The monoisotopic (exact) mass is 260 g/mol. The second kappa shape index (κ2) is 5.64. The molecule has 1 aliphatic rings. The summed E-state index contributed by atoms with van der Waals surface area (Å²) in [6.07, 6.45) is 2.78. The smallest absolute Gasteiger partial charge is 0.227 e. The molecule has 0 bridgehead atoms. The highest BCUT2D eigenvalue weighted by molar-refractivity contribution is 5.95. The summed E-state index contributed by atoms with van der Waals surface area (Å²) in [5, 5.41) is 3.44. The van der Waals surface area contributed by atoms with Crippen molar-refractivity contribution < 1.29 is 4.79 Å². The lowest BCUT2D eigenvalue weighted by Crippen LogP contribution is -2.23. The Hall–Kier alpha value is -1.51. The number of nitrogens with one attached hydrogen (secondary N) is 1. The summed E-state index contributed by atoms with van der Waals surface area (Å²) in [7, 11) is 0. The molecule has 0 spiro atoms. The van der Waals surface area contributed by atoms with E-state index in [1.807, 2.05) is 17.0 Å². The minimum absolute atomic E-state index is 0.242. The quantitative estimate of drug-likeness (QED) is 0.896. The normalized spacial score (nSPS) is 15.9. The van der Waals surface area contributed by atoms with Crippen molar-refractivity contribution in [2.24, 2.45) is 5.41 Å². The molecule has 3 nitrogen and oxygen atoms in total. The predicted molar refractivity (Wildman–Crippen MR) is 80.6 cm³/mol. The highest BCUT2D eigenvalue weighted by Crippen LogP contribution is 2.25. The number of anilines is 2. The average molecular weight is 260 g/mol. The molecule has 1 N–H and O–H groups in total. The van der Waals surface area contributed by atoms with Crippen molar-refractivity contribution in [3.8, 4) is 0 Å². The van der Waals surface area contributed by atoms with Crippen LogP contribution in [0.25, 0.3) is 0 Å². The molecular weight excluding hydrogens is 236 g/mol. The van der Waals surface area contributed by atoms with Crippen molar-refractivity contribution in [1.82, 2.24) is 0 Å². The summed E-state index contributed by atoms with van der Waals surface area (Å²) >= 11 is 0. The third kappa shape index (κ3) is 3.98. The molecule has 1 saturated heterocycles. The highest BCUT2D eigenvalue weighted by Gasteiger charge is 2.21. The molecule has 1 aromatic carbocycles. The number of carbonyl (C=O) groups is 1. The number of hydrogen-bond donors (Lipinski definition) is 1. The SMILES string of the molecule is CC(C)(C)CCNc1cccc(N2CCCC2=O)c1. The molecule has 1 heterocycles. The van der Waals surface area contributed by atoms with Gasteiger partial charge in [-0.25, -0.2) is 0 Å². The van der Waals surface area contributed by atoms with Crippen LogP contribution in [0.1, 0.15) is 40.0 Å². The van der Waals surface area contributed by atoms with Gasteiger partial charge < -0.3 is 10.2 Å². The Balaban J connectivity index is 1.97. The van der Waals surface area contributed by atoms with Crippen LogP contribution < -0.4 is 10.2 Å². The zero-order valence-corrected chi connectivity index (χ0v) is 12.2. The first-order chi connectivity index (χ1) is 8.96. The third-order valence-electron chi connectivity index (χ3n) is 3.44. The molecule has 0 radical (unpaired) electrons. The zero-order chi connectivity index (χ0) is 13.9. The Labute approximate surface area is 116 Å². The fourth-order valence-electron chi connectivity index (χ4n) is 2.29. The van der Waals surface area contributed by atoms with Gasteiger partial charge in [0.15, 0.2) is 0 Å². The Morgan fingerprint density at radius 3 is 2.74 bits per heavy atom. The number of rotatable bonds is 4. The van der Waals surface area contributed by atoms with Crippen LogP contribution in [0.3, 0.4) is 0 Å². The van der Waals surface area contributed by atoms with E-state index in [1.54, 1.807) is 0 Å². The predicted octanol–water partition coefficient (Wildman–Crippen LogP) is 3.66. The van der Waals surface area contributed by atoms with Gasteiger partial charge in [-0.2, -0.15) is 0 Å². The molecule has 0 saturated carbocycles. The molecule has 19 heavy (non-hydrogen) atoms. The molecule has 1 aliphatic heterocycles. The van der Waals surface area contributed by atoms with Gasteiger partial charge in [0.2, 0.25) is 5.91 Å². The lowest BCUT2D eigenvalue weighted by molar-refractivity contribution is -0.117. The summed E-state index contributed by atoms with van der Waals surface area (Å²) in [6, 6.07) is 8.16. The number of amides is 1. The van der Waals surface area contributed by atoms with Crippen LogP contribution in [-0.4, -0.2) is 19.0 Å². The minimum atomic E-state index is 0.242. The van der Waals surface area contributed by atoms with Gasteiger partial charge in [0, 0.05) is 30.9 Å². The highest BCUT2D eigenvalue weighted by atomic mass is 16.2. The van der Waals surface area contributed by atoms with Gasteiger partial charge in [-0.15, -0.1) is 0 Å². The van der Waals surface area contributed by atoms with E-state index in [4.69, 9.17) is 0 Å². The van der Waals surface area contributed by atoms with Gasteiger partial charge in [0.25, 0.3) is 0 Å². The van der Waals surface area contributed by atoms with Crippen molar-refractivity contribution in [3.63, 3.8) is 0 Å². The maximum Gasteiger partial charge on any atom is 0.227 e. The fourth-order valence-corrected chi connectivity index (χ4v) is 2.29. The lowest BCUT2D eigenvalue weighted by Gasteiger charge is -2.20. The maximum atomic E-state index is 11.7. The van der Waals surface area contributed by atoms with Gasteiger partial charge in [0.1, 0.15) is 0 Å². The van der Waals surface area contributed by atoms with E-state index in [-0.39, 0.29) is 5.91 Å². The van der Waals surface area contributed by atoms with Crippen LogP contribution in [0.5, 0.6) is 0 Å². The summed E-state index contributed by atoms with van der Waals surface area (Å²) in [5.74, 6) is 0.242. The number of benzene rings is 1. The van der Waals surface area contributed by atoms with Crippen LogP contribution >= 0.6 is 0 Å². The van der Waals surface area contributed by atoms with E-state index in [9.17, 15) is 4.79 Å². The van der Waals surface area contributed by atoms with Crippen LogP contribution in [0.4, 0.5) is 11.4 Å². The van der Waals surface area contributed by atoms with Gasteiger partial charge in [-0.3, -0.25) is 4.79 Å². The summed E-state index contributed by atoms with van der Waals surface area (Å²) in [4.78, 5) is 13.6. The van der Waals surface area contributed by atoms with Crippen LogP contribution in [0.2, 0.25) is 0 Å². The molecule has 2 rings (SSSR count). The standard InChI is InChI=1S/C16H24N2O/c1-16(2,3)9-10-17-13-6-4-7-14(12-13)18-11-5-8-15(18)19/h4,6-7,12,17H,5,8-11H2,1-3H3. The van der Waals surface area contributed by atoms with Crippen LogP contribution in [0, 0.1) is 5.41 Å². The van der Waals surface area contributed by atoms with Crippen molar-refractivity contribution in [1.29, 1.82) is 0 Å². The van der Waals surface area contributed by atoms with Gasteiger partial charge in [-0.1, -0.05) is 26.8 Å². The van der Waals surface area contributed by atoms with Crippen LogP contribution in [-0.2, 0) is 4.79 Å². The zero-order valence-electron chi connectivity index (χ0n) is 12.2. The number of hydrogen-bond acceptors (Lipinski definition) is 2. The summed E-state index contributed by atoms with van der Waals surface area (Å²) in [6.45, 7) is 8.54. The van der Waals surface area contributed by atoms with E-state index < -0.39 is 0 Å². The molecule has 104 valence electrons. The van der Waals surface area contributed by atoms with E-state index in [1.165, 1.54) is 0 Å². The molecule has 1 amide bonds. The van der Waals surface area contributed by atoms with E-state index in [0.717, 1.165) is 37.3 Å². The van der Waals surface area contributed by atoms with Crippen molar-refractivity contribution >= 4 is 17.3 Å². The summed E-state index contributed by atoms with van der Waals surface area (Å²) in [5.41, 5.74) is 2.46. The van der Waals surface area contributed by atoms with Crippen molar-refractivity contribution in [3.05, 3.63) is 24.3 Å². The molecule has 0 aromatic heterocycles. The second-order valence-corrected chi connectivity index (χ2v) is 6.44. The van der Waals surface area contributed by atoms with E-state index in [2.05, 4.69) is 38.2 Å². The first-order valence-corrected chi connectivity index (χ1v) is 7.10. The fraction of sp³-hybridized carbons (Fsp3) is 0.562. The van der Waals surface area contributed by atoms with Crippen molar-refractivity contribution in [2.45, 2.75) is 40.0 Å². The summed E-state index contributed by atoms with van der Waals surface area (Å²) < 4.78 is 0. The molecule has 0 atom stereocenters. The van der Waals surface area contributed by atoms with Crippen molar-refractivity contribution in [2.75, 3.05) is 23.3 Å². The van der Waals surface area contributed by atoms with Gasteiger partial charge in [0.05, 0.1) is 0 Å². The Morgan fingerprint density at radius 1 is 1.32 bits per heavy atom. The second-order valence-electron chi connectivity index (χ2n) is 6.44. The third-order valence-corrected chi connectivity index (χ3v) is 3.44. The lowest BCUT2D eigenvalue weighted by atomic mass is 9.92. The van der Waals surface area contributed by atoms with E-state index in [0.29, 0.717) is 11.8 Å². The molecule has 1 fully saturated rings.